The van der Waals surface area contributed by atoms with E-state index in [4.69, 9.17) is 18.3 Å². The Balaban J connectivity index is 3.39. The van der Waals surface area contributed by atoms with E-state index < -0.39 is 40.5 Å². The van der Waals surface area contributed by atoms with E-state index >= 15 is 0 Å². The number of benzene rings is 1. The summed E-state index contributed by atoms with van der Waals surface area (Å²) < 4.78 is 25.9. The molecule has 0 aliphatic carbocycles. The number of ether oxygens (including phenoxy) is 2. The minimum absolute atomic E-state index is 0.0371. The lowest BCUT2D eigenvalue weighted by Crippen LogP contribution is -2.55. The van der Waals surface area contributed by atoms with Crippen molar-refractivity contribution in [3.8, 4) is 0 Å². The van der Waals surface area contributed by atoms with Crippen molar-refractivity contribution in [2.45, 2.75) is 142 Å². The SMILES string of the molecule is CC(C)[Si](OC[C@@H](OCc1ccccc1)[C@H](CO[Si](C)(C)C(C)(C)C)NC(=O)OC(C)(C)C)(C(C)C)C(C)C. The molecule has 2 atom stereocenters. The van der Waals surface area contributed by atoms with Gasteiger partial charge >= 0.3 is 6.09 Å². The zero-order valence-corrected chi connectivity index (χ0v) is 29.4. The number of rotatable bonds is 14. The first kappa shape index (κ1) is 35.8. The number of hydrogen-bond donors (Lipinski definition) is 1. The Bertz CT molecular complexity index is 838. The predicted molar refractivity (Wildman–Crippen MR) is 168 cm³/mol. The van der Waals surface area contributed by atoms with Gasteiger partial charge in [-0.15, -0.1) is 0 Å². The Morgan fingerprint density at radius 2 is 1.33 bits per heavy atom. The molecule has 8 heteroatoms. The summed E-state index contributed by atoms with van der Waals surface area (Å²) in [5.41, 5.74) is 1.78. The number of hydrogen-bond acceptors (Lipinski definition) is 5. The maximum absolute atomic E-state index is 13.0. The first-order chi connectivity index (χ1) is 17.7. The van der Waals surface area contributed by atoms with E-state index in [9.17, 15) is 4.79 Å². The van der Waals surface area contributed by atoms with Crippen LogP contribution in [0.15, 0.2) is 30.3 Å². The number of carbonyl (C=O) groups excluding carboxylic acids is 1. The summed E-state index contributed by atoms with van der Waals surface area (Å²) in [6.07, 6.45) is -0.884. The maximum Gasteiger partial charge on any atom is 0.408 e. The molecule has 0 unspecified atom stereocenters. The minimum Gasteiger partial charge on any atom is -0.444 e. The van der Waals surface area contributed by atoms with Gasteiger partial charge in [0.15, 0.2) is 16.6 Å². The molecule has 1 aromatic carbocycles. The zero-order chi connectivity index (χ0) is 30.2. The normalized spacial score (nSPS) is 15.1. The topological polar surface area (TPSA) is 66.0 Å². The van der Waals surface area contributed by atoms with Crippen LogP contribution in [-0.4, -0.2) is 53.7 Å². The van der Waals surface area contributed by atoms with Gasteiger partial charge in [0.2, 0.25) is 0 Å². The largest absolute Gasteiger partial charge is 0.444 e. The van der Waals surface area contributed by atoms with E-state index in [1.807, 2.05) is 39.0 Å². The molecular formula is C31H59NO5Si2. The van der Waals surface area contributed by atoms with E-state index in [-0.39, 0.29) is 5.04 Å². The van der Waals surface area contributed by atoms with Gasteiger partial charge in [-0.05, 0) is 61.1 Å². The molecule has 0 bridgehead atoms. The molecule has 1 N–H and O–H groups in total. The van der Waals surface area contributed by atoms with E-state index in [1.54, 1.807) is 0 Å². The zero-order valence-electron chi connectivity index (χ0n) is 27.4. The van der Waals surface area contributed by atoms with Crippen LogP contribution in [0, 0.1) is 0 Å². The average Bonchev–Trinajstić information content (AvgIpc) is 2.77. The minimum atomic E-state index is -2.17. The highest BCUT2D eigenvalue weighted by Gasteiger charge is 2.46. The molecule has 0 aromatic heterocycles. The second-order valence-corrected chi connectivity index (χ2v) is 24.6. The summed E-state index contributed by atoms with van der Waals surface area (Å²) in [6, 6.07) is 9.68. The van der Waals surface area contributed by atoms with Crippen molar-refractivity contribution in [2.75, 3.05) is 13.2 Å². The Hall–Kier alpha value is -1.20. The van der Waals surface area contributed by atoms with Crippen molar-refractivity contribution in [3.05, 3.63) is 35.9 Å². The summed E-state index contributed by atoms with van der Waals surface area (Å²) in [6.45, 7) is 31.5. The van der Waals surface area contributed by atoms with Crippen LogP contribution in [-0.2, 0) is 24.9 Å². The van der Waals surface area contributed by atoms with Crippen molar-refractivity contribution >= 4 is 22.7 Å². The molecule has 1 aromatic rings. The van der Waals surface area contributed by atoms with Gasteiger partial charge < -0.3 is 23.6 Å². The summed E-state index contributed by atoms with van der Waals surface area (Å²) in [4.78, 5) is 13.0. The molecule has 0 spiro atoms. The first-order valence-corrected chi connectivity index (χ1v) is 19.7. The average molecular weight is 582 g/mol. The Morgan fingerprint density at radius 1 is 0.821 bits per heavy atom. The molecule has 0 aliphatic rings. The lowest BCUT2D eigenvalue weighted by Gasteiger charge is -2.44. The molecule has 0 saturated heterocycles. The molecule has 1 rings (SSSR count). The van der Waals surface area contributed by atoms with Crippen molar-refractivity contribution < 1.29 is 23.1 Å². The monoisotopic (exact) mass is 581 g/mol. The van der Waals surface area contributed by atoms with Gasteiger partial charge in [-0.1, -0.05) is 92.6 Å². The molecule has 226 valence electrons. The van der Waals surface area contributed by atoms with Crippen LogP contribution in [0.5, 0.6) is 0 Å². The van der Waals surface area contributed by atoms with Crippen LogP contribution >= 0.6 is 0 Å². The van der Waals surface area contributed by atoms with Gasteiger partial charge in [-0.2, -0.15) is 0 Å². The van der Waals surface area contributed by atoms with Crippen LogP contribution in [0.4, 0.5) is 4.79 Å². The third-order valence-electron chi connectivity index (χ3n) is 8.09. The second kappa shape index (κ2) is 14.6. The number of carbonyl (C=O) groups is 1. The van der Waals surface area contributed by atoms with Gasteiger partial charge in [-0.25, -0.2) is 4.79 Å². The molecule has 1 amide bonds. The second-order valence-electron chi connectivity index (χ2n) is 14.3. The summed E-state index contributed by atoms with van der Waals surface area (Å²) in [7, 11) is -4.26. The van der Waals surface area contributed by atoms with Crippen LogP contribution < -0.4 is 5.32 Å². The number of nitrogens with one attached hydrogen (secondary N) is 1. The fourth-order valence-electron chi connectivity index (χ4n) is 5.00. The molecular weight excluding hydrogens is 523 g/mol. The number of amides is 1. The Morgan fingerprint density at radius 3 is 1.77 bits per heavy atom. The standard InChI is InChI=1S/C31H59NO5Si2/c1-23(2)39(24(3)4,25(5)6)36-22-28(34-20-26-18-16-15-17-19-26)27(32-29(33)37-30(7,8)9)21-35-38(13,14)31(10,11)12/h15-19,23-25,27-28H,20-22H2,1-14H3,(H,32,33)/t27-,28+/m0/s1. The van der Waals surface area contributed by atoms with Gasteiger partial charge in [0, 0.05) is 0 Å². The molecule has 0 fully saturated rings. The van der Waals surface area contributed by atoms with Crippen molar-refractivity contribution in [1.29, 1.82) is 0 Å². The predicted octanol–water partition coefficient (Wildman–Crippen LogP) is 8.68. The summed E-state index contributed by atoms with van der Waals surface area (Å²) in [5, 5.41) is 3.14. The van der Waals surface area contributed by atoms with Crippen molar-refractivity contribution in [3.63, 3.8) is 0 Å². The highest BCUT2D eigenvalue weighted by molar-refractivity contribution is 6.77. The smallest absolute Gasteiger partial charge is 0.408 e. The van der Waals surface area contributed by atoms with Gasteiger partial charge in [0.25, 0.3) is 0 Å². The number of alkyl carbamates (subject to hydrolysis) is 1. The molecule has 0 heterocycles. The van der Waals surface area contributed by atoms with Crippen LogP contribution in [0.2, 0.25) is 34.8 Å². The first-order valence-electron chi connectivity index (χ1n) is 14.7. The third kappa shape index (κ3) is 11.0. The van der Waals surface area contributed by atoms with E-state index in [2.05, 4.69) is 92.9 Å². The van der Waals surface area contributed by atoms with Gasteiger partial charge in [-0.3, -0.25) is 0 Å². The molecule has 0 aliphatic heterocycles. The summed E-state index contributed by atoms with van der Waals surface area (Å²) in [5.74, 6) is 0. The lowest BCUT2D eigenvalue weighted by molar-refractivity contribution is -0.0306. The van der Waals surface area contributed by atoms with Crippen molar-refractivity contribution in [2.24, 2.45) is 0 Å². The molecule has 6 nitrogen and oxygen atoms in total. The van der Waals surface area contributed by atoms with Crippen LogP contribution in [0.1, 0.15) is 88.6 Å². The van der Waals surface area contributed by atoms with Gasteiger partial charge in [0.1, 0.15) is 11.7 Å². The van der Waals surface area contributed by atoms with E-state index in [0.717, 1.165) is 5.56 Å². The van der Waals surface area contributed by atoms with Gasteiger partial charge in [0.05, 0.1) is 25.9 Å². The quantitative estimate of drug-likeness (QED) is 0.223. The van der Waals surface area contributed by atoms with E-state index in [0.29, 0.717) is 36.4 Å². The molecule has 39 heavy (non-hydrogen) atoms. The third-order valence-corrected chi connectivity index (χ3v) is 18.7. The molecule has 0 saturated carbocycles. The summed E-state index contributed by atoms with van der Waals surface area (Å²) >= 11 is 0. The Labute approximate surface area is 242 Å². The lowest BCUT2D eigenvalue weighted by atomic mass is 10.1. The fraction of sp³-hybridized carbons (Fsp3) is 0.774. The van der Waals surface area contributed by atoms with Crippen LogP contribution in [0.25, 0.3) is 0 Å². The Kier molecular flexibility index (Phi) is 13.4. The molecule has 0 radical (unpaired) electrons. The van der Waals surface area contributed by atoms with E-state index in [1.165, 1.54) is 0 Å². The maximum atomic E-state index is 13.0. The van der Waals surface area contributed by atoms with Crippen molar-refractivity contribution in [1.82, 2.24) is 5.32 Å². The highest BCUT2D eigenvalue weighted by Crippen LogP contribution is 2.42. The fourth-order valence-corrected chi connectivity index (χ4v) is 11.5. The highest BCUT2D eigenvalue weighted by atomic mass is 28.4. The van der Waals surface area contributed by atoms with Crippen LogP contribution in [0.3, 0.4) is 0 Å².